The maximum atomic E-state index is 13.0. The Hall–Kier alpha value is -1.68. The summed E-state index contributed by atoms with van der Waals surface area (Å²) in [5.41, 5.74) is 0.703. The quantitative estimate of drug-likeness (QED) is 0.752. The Morgan fingerprint density at radius 3 is 2.81 bits per heavy atom. The molecule has 3 nitrogen and oxygen atoms in total. The van der Waals surface area contributed by atoms with Crippen LogP contribution in [-0.4, -0.2) is 17.0 Å². The van der Waals surface area contributed by atoms with Gasteiger partial charge in [0.2, 0.25) is 5.28 Å². The van der Waals surface area contributed by atoms with E-state index in [1.54, 1.807) is 36.3 Å². The van der Waals surface area contributed by atoms with Crippen LogP contribution in [-0.2, 0) is 0 Å². The second-order valence-corrected chi connectivity index (χ2v) is 3.56. The first-order chi connectivity index (χ1) is 7.66. The van der Waals surface area contributed by atoms with E-state index < -0.39 is 0 Å². The SMILES string of the molecule is CN(c1cccc(F)c1)c1ccnc(Cl)n1. The summed E-state index contributed by atoms with van der Waals surface area (Å²) in [4.78, 5) is 9.56. The zero-order chi connectivity index (χ0) is 11.5. The third-order valence-corrected chi connectivity index (χ3v) is 2.33. The summed E-state index contributed by atoms with van der Waals surface area (Å²) in [5.74, 6) is 0.329. The molecule has 0 unspecified atom stereocenters. The van der Waals surface area contributed by atoms with Gasteiger partial charge in [-0.2, -0.15) is 0 Å². The fraction of sp³-hybridized carbons (Fsp3) is 0.0909. The largest absolute Gasteiger partial charge is 0.329 e. The second kappa shape index (κ2) is 4.45. The van der Waals surface area contributed by atoms with E-state index in [0.29, 0.717) is 11.5 Å². The Morgan fingerprint density at radius 2 is 2.12 bits per heavy atom. The van der Waals surface area contributed by atoms with E-state index in [-0.39, 0.29) is 11.1 Å². The van der Waals surface area contributed by atoms with Gasteiger partial charge in [0.15, 0.2) is 0 Å². The molecule has 0 fully saturated rings. The van der Waals surface area contributed by atoms with Crippen LogP contribution < -0.4 is 4.90 Å². The highest BCUT2D eigenvalue weighted by Crippen LogP contribution is 2.22. The van der Waals surface area contributed by atoms with Crippen molar-refractivity contribution in [1.82, 2.24) is 9.97 Å². The number of hydrogen-bond acceptors (Lipinski definition) is 3. The van der Waals surface area contributed by atoms with Crippen LogP contribution in [0.5, 0.6) is 0 Å². The molecule has 0 amide bonds. The van der Waals surface area contributed by atoms with Crippen molar-refractivity contribution in [3.8, 4) is 0 Å². The number of anilines is 2. The lowest BCUT2D eigenvalue weighted by Crippen LogP contribution is -2.11. The van der Waals surface area contributed by atoms with Gasteiger partial charge in [0.25, 0.3) is 0 Å². The Bertz CT molecular complexity index is 459. The molecule has 5 heteroatoms. The van der Waals surface area contributed by atoms with E-state index in [0.717, 1.165) is 0 Å². The number of aromatic nitrogens is 2. The van der Waals surface area contributed by atoms with Crippen LogP contribution in [0.3, 0.4) is 0 Å². The number of rotatable bonds is 2. The van der Waals surface area contributed by atoms with Crippen LogP contribution in [0.25, 0.3) is 0 Å². The first-order valence-corrected chi connectivity index (χ1v) is 5.02. The lowest BCUT2D eigenvalue weighted by molar-refractivity contribution is 0.628. The number of benzene rings is 1. The summed E-state index contributed by atoms with van der Waals surface area (Å²) >= 11 is 5.68. The van der Waals surface area contributed by atoms with Crippen molar-refractivity contribution < 1.29 is 4.39 Å². The summed E-state index contributed by atoms with van der Waals surface area (Å²) in [7, 11) is 1.79. The highest BCUT2D eigenvalue weighted by Gasteiger charge is 2.06. The molecule has 0 bridgehead atoms. The van der Waals surface area contributed by atoms with E-state index in [9.17, 15) is 4.39 Å². The van der Waals surface area contributed by atoms with E-state index in [1.165, 1.54) is 12.1 Å². The van der Waals surface area contributed by atoms with Crippen molar-refractivity contribution in [3.63, 3.8) is 0 Å². The zero-order valence-corrected chi connectivity index (χ0v) is 9.32. The molecule has 0 saturated heterocycles. The molecule has 82 valence electrons. The molecule has 0 aliphatic heterocycles. The van der Waals surface area contributed by atoms with Crippen molar-refractivity contribution in [1.29, 1.82) is 0 Å². The summed E-state index contributed by atoms with van der Waals surface area (Å²) < 4.78 is 13.0. The average molecular weight is 238 g/mol. The van der Waals surface area contributed by atoms with Gasteiger partial charge in [0.1, 0.15) is 11.6 Å². The Kier molecular flexibility index (Phi) is 3.01. The maximum Gasteiger partial charge on any atom is 0.224 e. The summed E-state index contributed by atoms with van der Waals surface area (Å²) in [5, 5.41) is 0.167. The molecule has 0 radical (unpaired) electrons. The van der Waals surface area contributed by atoms with Gasteiger partial charge in [0.05, 0.1) is 0 Å². The van der Waals surface area contributed by atoms with Gasteiger partial charge >= 0.3 is 0 Å². The van der Waals surface area contributed by atoms with Crippen LogP contribution in [0.15, 0.2) is 36.5 Å². The molecule has 16 heavy (non-hydrogen) atoms. The van der Waals surface area contributed by atoms with E-state index in [4.69, 9.17) is 11.6 Å². The third-order valence-electron chi connectivity index (χ3n) is 2.15. The smallest absolute Gasteiger partial charge is 0.224 e. The van der Waals surface area contributed by atoms with Crippen LogP contribution in [0.2, 0.25) is 5.28 Å². The molecule has 0 aliphatic rings. The van der Waals surface area contributed by atoms with Gasteiger partial charge in [-0.05, 0) is 35.9 Å². The van der Waals surface area contributed by atoms with Crippen LogP contribution in [0.1, 0.15) is 0 Å². The predicted molar refractivity (Wildman–Crippen MR) is 61.5 cm³/mol. The third kappa shape index (κ3) is 2.28. The molecule has 0 N–H and O–H groups in total. The molecule has 2 rings (SSSR count). The van der Waals surface area contributed by atoms with Gasteiger partial charge in [-0.3, -0.25) is 0 Å². The normalized spacial score (nSPS) is 10.2. The van der Waals surface area contributed by atoms with Crippen molar-refractivity contribution in [3.05, 3.63) is 47.6 Å². The Balaban J connectivity index is 2.35. The van der Waals surface area contributed by atoms with Gasteiger partial charge in [-0.15, -0.1) is 0 Å². The Morgan fingerprint density at radius 1 is 1.31 bits per heavy atom. The van der Waals surface area contributed by atoms with Gasteiger partial charge in [-0.25, -0.2) is 14.4 Å². The van der Waals surface area contributed by atoms with Crippen molar-refractivity contribution >= 4 is 23.1 Å². The fourth-order valence-electron chi connectivity index (χ4n) is 1.33. The lowest BCUT2D eigenvalue weighted by atomic mass is 10.3. The Labute approximate surface area is 97.5 Å². The summed E-state index contributed by atoms with van der Waals surface area (Å²) in [6.07, 6.45) is 1.56. The first kappa shape index (κ1) is 10.8. The molecule has 1 aromatic carbocycles. The summed E-state index contributed by atoms with van der Waals surface area (Å²) in [6.45, 7) is 0. The molecule has 1 heterocycles. The van der Waals surface area contributed by atoms with Crippen LogP contribution >= 0.6 is 11.6 Å². The number of hydrogen-bond donors (Lipinski definition) is 0. The van der Waals surface area contributed by atoms with Crippen molar-refractivity contribution in [2.24, 2.45) is 0 Å². The maximum absolute atomic E-state index is 13.0. The topological polar surface area (TPSA) is 29.0 Å². The van der Waals surface area contributed by atoms with Crippen molar-refractivity contribution in [2.75, 3.05) is 11.9 Å². The predicted octanol–water partition coefficient (Wildman–Crippen LogP) is 3.04. The van der Waals surface area contributed by atoms with E-state index >= 15 is 0 Å². The van der Waals surface area contributed by atoms with E-state index in [2.05, 4.69) is 9.97 Å². The van der Waals surface area contributed by atoms with Crippen LogP contribution in [0.4, 0.5) is 15.9 Å². The minimum atomic E-state index is -0.287. The molecule has 0 aliphatic carbocycles. The van der Waals surface area contributed by atoms with Gasteiger partial charge < -0.3 is 4.90 Å². The average Bonchev–Trinajstić information content (AvgIpc) is 2.28. The molecule has 1 aromatic heterocycles. The monoisotopic (exact) mass is 237 g/mol. The second-order valence-electron chi connectivity index (χ2n) is 3.22. The molecule has 0 atom stereocenters. The molecule has 0 saturated carbocycles. The minimum absolute atomic E-state index is 0.167. The lowest BCUT2D eigenvalue weighted by Gasteiger charge is -2.17. The highest BCUT2D eigenvalue weighted by atomic mass is 35.5. The van der Waals surface area contributed by atoms with E-state index in [1.807, 2.05) is 0 Å². The molecule has 0 spiro atoms. The number of nitrogens with zero attached hydrogens (tertiary/aromatic N) is 3. The van der Waals surface area contributed by atoms with Crippen molar-refractivity contribution in [2.45, 2.75) is 0 Å². The molecular weight excluding hydrogens is 229 g/mol. The van der Waals surface area contributed by atoms with Crippen LogP contribution in [0, 0.1) is 5.82 Å². The van der Waals surface area contributed by atoms with Gasteiger partial charge in [-0.1, -0.05) is 6.07 Å². The minimum Gasteiger partial charge on any atom is -0.329 e. The zero-order valence-electron chi connectivity index (χ0n) is 8.56. The first-order valence-electron chi connectivity index (χ1n) is 4.64. The number of halogens is 2. The standard InChI is InChI=1S/C11H9ClFN3/c1-16(9-4-2-3-8(13)7-9)10-5-6-14-11(12)15-10/h2-7H,1H3. The van der Waals surface area contributed by atoms with Gasteiger partial charge in [0, 0.05) is 18.9 Å². The summed E-state index contributed by atoms with van der Waals surface area (Å²) in [6, 6.07) is 7.96. The molecule has 2 aromatic rings. The fourth-order valence-corrected chi connectivity index (χ4v) is 1.47. The highest BCUT2D eigenvalue weighted by molar-refractivity contribution is 6.28. The molecular formula is C11H9ClFN3.